The number of ether oxygens (including phenoxy) is 6. The molecule has 4 rings (SSSR count). The summed E-state index contributed by atoms with van der Waals surface area (Å²) in [6.45, 7) is 9.33. The number of hydrogen-bond acceptors (Lipinski definition) is 16. The SMILES string of the molecule is CCCC(=O)OC[C@H]1O[C@@H](O[C@H]2[C@H](Oc3ccc([C@H]4CC(=O)NCCCN(C(=O)[C@@H](C)CC)C[C@H](OC(C)=O)CCN4)cc3)O[C@@H](C)[C@H](O)[C@H]2O)[C@H](O)[C@@H](O)[C@@H]1O. The number of esters is 2. The summed E-state index contributed by atoms with van der Waals surface area (Å²) in [6.07, 6.45) is -13.2. The number of rotatable bonds is 12. The Hall–Kier alpha value is -3.46. The van der Waals surface area contributed by atoms with E-state index in [0.29, 0.717) is 45.3 Å². The Bertz CT molecular complexity index is 1450. The first kappa shape index (κ1) is 46.2. The number of hydrogen-bond donors (Lipinski definition) is 7. The molecule has 57 heavy (non-hydrogen) atoms. The predicted octanol–water partition coefficient (Wildman–Crippen LogP) is -0.195. The molecule has 0 radical (unpaired) electrons. The van der Waals surface area contributed by atoms with Crippen LogP contribution in [0.15, 0.2) is 24.3 Å². The third kappa shape index (κ3) is 13.0. The second-order valence-corrected chi connectivity index (χ2v) is 15.0. The smallest absolute Gasteiger partial charge is 0.305 e. The van der Waals surface area contributed by atoms with E-state index in [4.69, 9.17) is 28.4 Å². The molecule has 0 aliphatic carbocycles. The van der Waals surface area contributed by atoms with Crippen LogP contribution < -0.4 is 15.4 Å². The molecular formula is C39H61N3O15. The lowest BCUT2D eigenvalue weighted by Crippen LogP contribution is -2.64. The van der Waals surface area contributed by atoms with E-state index >= 15 is 0 Å². The Morgan fingerprint density at radius 3 is 2.33 bits per heavy atom. The van der Waals surface area contributed by atoms with Crippen molar-refractivity contribution in [3.8, 4) is 5.75 Å². The number of carbonyl (C=O) groups is 4. The van der Waals surface area contributed by atoms with Gasteiger partial charge >= 0.3 is 11.9 Å². The lowest BCUT2D eigenvalue weighted by molar-refractivity contribution is -0.355. The largest absolute Gasteiger partial charge is 0.463 e. The molecule has 0 bridgehead atoms. The normalized spacial score (nSPS) is 33.7. The van der Waals surface area contributed by atoms with E-state index in [2.05, 4.69) is 10.6 Å². The summed E-state index contributed by atoms with van der Waals surface area (Å²) in [7, 11) is 0. The molecule has 0 aromatic heterocycles. The monoisotopic (exact) mass is 811 g/mol. The zero-order chi connectivity index (χ0) is 41.8. The van der Waals surface area contributed by atoms with Crippen LogP contribution in [0.3, 0.4) is 0 Å². The van der Waals surface area contributed by atoms with Gasteiger partial charge in [0.2, 0.25) is 18.1 Å². The zero-order valence-electron chi connectivity index (χ0n) is 33.4. The van der Waals surface area contributed by atoms with Crippen molar-refractivity contribution in [2.24, 2.45) is 5.92 Å². The number of benzene rings is 1. The molecule has 18 heteroatoms. The molecule has 3 aliphatic rings. The number of carbonyl (C=O) groups excluding carboxylic acids is 4. The summed E-state index contributed by atoms with van der Waals surface area (Å²) in [4.78, 5) is 51.8. The van der Waals surface area contributed by atoms with Gasteiger partial charge in [0.1, 0.15) is 55.1 Å². The second-order valence-electron chi connectivity index (χ2n) is 15.0. The molecule has 0 saturated carbocycles. The van der Waals surface area contributed by atoms with E-state index in [9.17, 15) is 44.7 Å². The second kappa shape index (κ2) is 22.1. The fourth-order valence-electron chi connectivity index (χ4n) is 6.86. The molecule has 0 unspecified atom stereocenters. The van der Waals surface area contributed by atoms with Crippen molar-refractivity contribution >= 4 is 23.8 Å². The van der Waals surface area contributed by atoms with Crippen LogP contribution in [0.1, 0.15) is 84.7 Å². The van der Waals surface area contributed by atoms with Gasteiger partial charge < -0.3 is 69.5 Å². The van der Waals surface area contributed by atoms with Gasteiger partial charge in [0.05, 0.1) is 12.6 Å². The van der Waals surface area contributed by atoms with Crippen LogP contribution in [0, 0.1) is 5.92 Å². The van der Waals surface area contributed by atoms with Crippen molar-refractivity contribution in [1.29, 1.82) is 0 Å². The molecule has 3 aliphatic heterocycles. The van der Waals surface area contributed by atoms with Crippen LogP contribution in [0.2, 0.25) is 0 Å². The van der Waals surface area contributed by atoms with Crippen LogP contribution >= 0.6 is 0 Å². The van der Waals surface area contributed by atoms with Crippen LogP contribution in [0.5, 0.6) is 5.75 Å². The zero-order valence-corrected chi connectivity index (χ0v) is 33.4. The van der Waals surface area contributed by atoms with Crippen molar-refractivity contribution in [1.82, 2.24) is 15.5 Å². The van der Waals surface area contributed by atoms with Gasteiger partial charge in [-0.05, 0) is 56.8 Å². The van der Waals surface area contributed by atoms with Crippen molar-refractivity contribution in [3.05, 3.63) is 29.8 Å². The van der Waals surface area contributed by atoms with Gasteiger partial charge in [-0.3, -0.25) is 19.2 Å². The fourth-order valence-corrected chi connectivity index (χ4v) is 6.86. The molecule has 1 aromatic carbocycles. The van der Waals surface area contributed by atoms with Gasteiger partial charge in [-0.1, -0.05) is 32.9 Å². The quantitative estimate of drug-likeness (QED) is 0.135. The van der Waals surface area contributed by atoms with Gasteiger partial charge in [-0.25, -0.2) is 0 Å². The Morgan fingerprint density at radius 2 is 1.67 bits per heavy atom. The van der Waals surface area contributed by atoms with E-state index in [1.807, 2.05) is 13.8 Å². The first-order valence-corrected chi connectivity index (χ1v) is 19.9. The third-order valence-corrected chi connectivity index (χ3v) is 10.4. The average Bonchev–Trinajstić information content (AvgIpc) is 3.19. The van der Waals surface area contributed by atoms with E-state index in [0.717, 1.165) is 5.56 Å². The lowest BCUT2D eigenvalue weighted by Gasteiger charge is -2.45. The third-order valence-electron chi connectivity index (χ3n) is 10.4. The predicted molar refractivity (Wildman–Crippen MR) is 200 cm³/mol. The minimum absolute atomic E-state index is 0.0326. The van der Waals surface area contributed by atoms with Crippen LogP contribution in [0.4, 0.5) is 0 Å². The molecule has 3 saturated heterocycles. The number of amides is 2. The molecule has 7 N–H and O–H groups in total. The highest BCUT2D eigenvalue weighted by Gasteiger charge is 2.51. The molecule has 13 atom stereocenters. The number of aliphatic hydroxyl groups excluding tert-OH is 5. The highest BCUT2D eigenvalue weighted by Crippen LogP contribution is 2.31. The Balaban J connectivity index is 1.47. The first-order chi connectivity index (χ1) is 27.1. The summed E-state index contributed by atoms with van der Waals surface area (Å²) in [5.74, 6) is -1.18. The van der Waals surface area contributed by atoms with Crippen LogP contribution in [-0.4, -0.2) is 154 Å². The number of aliphatic hydroxyl groups is 5. The van der Waals surface area contributed by atoms with Crippen molar-refractivity contribution in [2.75, 3.05) is 32.8 Å². The van der Waals surface area contributed by atoms with Gasteiger partial charge in [0, 0.05) is 44.8 Å². The minimum atomic E-state index is -1.80. The topological polar surface area (TPSA) is 252 Å². The van der Waals surface area contributed by atoms with Gasteiger partial charge in [0.15, 0.2) is 12.4 Å². The van der Waals surface area contributed by atoms with Crippen LogP contribution in [-0.2, 0) is 42.9 Å². The van der Waals surface area contributed by atoms with E-state index < -0.39 is 92.1 Å². The van der Waals surface area contributed by atoms with Gasteiger partial charge in [-0.2, -0.15) is 0 Å². The maximum atomic E-state index is 13.1. The lowest BCUT2D eigenvalue weighted by atomic mass is 9.97. The number of nitrogens with zero attached hydrogens (tertiary/aromatic N) is 1. The maximum Gasteiger partial charge on any atom is 0.305 e. The highest BCUT2D eigenvalue weighted by molar-refractivity contribution is 5.78. The molecule has 2 amide bonds. The molecular weight excluding hydrogens is 750 g/mol. The van der Waals surface area contributed by atoms with Crippen molar-refractivity contribution in [3.63, 3.8) is 0 Å². The average molecular weight is 812 g/mol. The van der Waals surface area contributed by atoms with E-state index in [-0.39, 0.29) is 42.9 Å². The summed E-state index contributed by atoms with van der Waals surface area (Å²) in [5, 5.41) is 59.8. The fraction of sp³-hybridized carbons (Fsp3) is 0.744. The summed E-state index contributed by atoms with van der Waals surface area (Å²) in [6, 6.07) is 6.24. The van der Waals surface area contributed by atoms with E-state index in [1.165, 1.54) is 13.8 Å². The van der Waals surface area contributed by atoms with Crippen molar-refractivity contribution in [2.45, 2.75) is 147 Å². The summed E-state index contributed by atoms with van der Waals surface area (Å²) >= 11 is 0. The molecule has 322 valence electrons. The minimum Gasteiger partial charge on any atom is -0.463 e. The molecule has 3 fully saturated rings. The summed E-state index contributed by atoms with van der Waals surface area (Å²) < 4.78 is 34.3. The number of nitrogens with one attached hydrogen (secondary N) is 2. The maximum absolute atomic E-state index is 13.1. The summed E-state index contributed by atoms with van der Waals surface area (Å²) in [5.41, 5.74) is 0.725. The highest BCUT2D eigenvalue weighted by atomic mass is 16.8. The molecule has 1 aromatic rings. The van der Waals surface area contributed by atoms with E-state index in [1.54, 1.807) is 36.1 Å². The Labute approximate surface area is 333 Å². The standard InChI is InChI=1S/C39H61N3O15/c1-6-9-30(45)52-20-28-32(47)33(48)35(50)38(56-28)57-36-34(49)31(46)22(4)53-39(36)55-25-12-10-24(11-13-25)27-18-29(44)41-15-8-17-42(37(51)21(3)7-2)19-26(14-16-40-27)54-23(5)43/h10-13,21-22,26-28,31-36,38-40,46-50H,6-9,14-20H2,1-5H3,(H,41,44)/t21-,22-,26+,27+,28+,31-,32+,33-,34+,35+,36+,38-,39-/m0/s1. The molecule has 3 heterocycles. The van der Waals surface area contributed by atoms with Gasteiger partial charge in [0.25, 0.3) is 0 Å². The van der Waals surface area contributed by atoms with Crippen LogP contribution in [0.25, 0.3) is 0 Å². The Morgan fingerprint density at radius 1 is 0.947 bits per heavy atom. The molecule has 18 nitrogen and oxygen atoms in total. The first-order valence-electron chi connectivity index (χ1n) is 19.9. The molecule has 0 spiro atoms. The Kier molecular flexibility index (Phi) is 17.9. The van der Waals surface area contributed by atoms with Gasteiger partial charge in [-0.15, -0.1) is 0 Å². The van der Waals surface area contributed by atoms with Crippen molar-refractivity contribution < 1.29 is 73.1 Å².